The zero-order valence-electron chi connectivity index (χ0n) is 16.0. The van der Waals surface area contributed by atoms with Crippen molar-refractivity contribution in [3.63, 3.8) is 0 Å². The number of aryl methyl sites for hydroxylation is 2. The van der Waals surface area contributed by atoms with Gasteiger partial charge in [-0.3, -0.25) is 4.79 Å². The van der Waals surface area contributed by atoms with E-state index in [1.165, 1.54) is 16.7 Å². The number of nitrogens with zero attached hydrogens (tertiary/aromatic N) is 1. The normalized spacial score (nSPS) is 15.8. The smallest absolute Gasteiger partial charge is 0.341 e. The van der Waals surface area contributed by atoms with Gasteiger partial charge in [0.1, 0.15) is 5.56 Å². The Morgan fingerprint density at radius 2 is 1.96 bits per heavy atom. The summed E-state index contributed by atoms with van der Waals surface area (Å²) >= 11 is 0. The molecule has 0 atom stereocenters. The molecule has 0 saturated heterocycles. The van der Waals surface area contributed by atoms with Crippen LogP contribution in [0.5, 0.6) is 0 Å². The second-order valence-electron chi connectivity index (χ2n) is 7.98. The third kappa shape index (κ3) is 2.50. The van der Waals surface area contributed by atoms with E-state index in [1.807, 2.05) is 17.6 Å². The molecule has 0 unspecified atom stereocenters. The van der Waals surface area contributed by atoms with Crippen LogP contribution in [0.3, 0.4) is 0 Å². The van der Waals surface area contributed by atoms with Crippen LogP contribution in [-0.2, 0) is 13.1 Å². The van der Waals surface area contributed by atoms with Crippen molar-refractivity contribution >= 4 is 16.9 Å². The molecule has 1 aliphatic heterocycles. The van der Waals surface area contributed by atoms with Crippen LogP contribution in [0.15, 0.2) is 35.3 Å². The minimum atomic E-state index is -1.16. The highest BCUT2D eigenvalue weighted by Crippen LogP contribution is 2.39. The molecule has 28 heavy (non-hydrogen) atoms. The van der Waals surface area contributed by atoms with Crippen LogP contribution in [0, 0.1) is 13.8 Å². The molecule has 142 valence electrons. The third-order valence-electron chi connectivity index (χ3n) is 6.11. The quantitative estimate of drug-likeness (QED) is 0.729. The fourth-order valence-corrected chi connectivity index (χ4v) is 4.51. The zero-order chi connectivity index (χ0) is 19.6. The average Bonchev–Trinajstić information content (AvgIpc) is 3.39. The van der Waals surface area contributed by atoms with Crippen LogP contribution in [0.1, 0.15) is 51.5 Å². The van der Waals surface area contributed by atoms with Gasteiger partial charge in [-0.25, -0.2) is 4.79 Å². The fourth-order valence-electron chi connectivity index (χ4n) is 4.51. The minimum Gasteiger partial charge on any atom is -0.477 e. The molecule has 0 amide bonds. The van der Waals surface area contributed by atoms with Gasteiger partial charge >= 0.3 is 5.97 Å². The number of carboxylic acids is 1. The number of aromatic nitrogens is 1. The van der Waals surface area contributed by atoms with Gasteiger partial charge in [0.15, 0.2) is 0 Å². The van der Waals surface area contributed by atoms with Gasteiger partial charge in [-0.2, -0.15) is 0 Å². The number of rotatable bonds is 3. The summed E-state index contributed by atoms with van der Waals surface area (Å²) in [6.07, 6.45) is 3.58. The number of hydrogen-bond acceptors (Lipinski definition) is 3. The van der Waals surface area contributed by atoms with E-state index in [9.17, 15) is 14.7 Å². The summed E-state index contributed by atoms with van der Waals surface area (Å²) in [5.74, 6) is -1.16. The zero-order valence-corrected chi connectivity index (χ0v) is 16.0. The van der Waals surface area contributed by atoms with Crippen LogP contribution in [0.25, 0.3) is 22.0 Å². The molecular formula is C23H22N2O3. The second kappa shape index (κ2) is 6.04. The van der Waals surface area contributed by atoms with Crippen LogP contribution in [0.2, 0.25) is 0 Å². The Morgan fingerprint density at radius 1 is 1.18 bits per heavy atom. The van der Waals surface area contributed by atoms with Crippen molar-refractivity contribution in [1.29, 1.82) is 0 Å². The molecular weight excluding hydrogens is 352 g/mol. The molecule has 1 aromatic heterocycles. The Labute approximate surface area is 162 Å². The van der Waals surface area contributed by atoms with Crippen LogP contribution < -0.4 is 10.7 Å². The molecule has 1 saturated carbocycles. The maximum Gasteiger partial charge on any atom is 0.341 e. The largest absolute Gasteiger partial charge is 0.477 e. The first-order valence-electron chi connectivity index (χ1n) is 9.71. The summed E-state index contributed by atoms with van der Waals surface area (Å²) in [6, 6.07) is 8.49. The predicted molar refractivity (Wildman–Crippen MR) is 109 cm³/mol. The lowest BCUT2D eigenvalue weighted by atomic mass is 9.92. The molecule has 2 aliphatic rings. The fraction of sp³-hybridized carbons (Fsp3) is 0.304. The monoisotopic (exact) mass is 374 g/mol. The Morgan fingerprint density at radius 3 is 2.68 bits per heavy atom. The van der Waals surface area contributed by atoms with Gasteiger partial charge in [-0.15, -0.1) is 0 Å². The van der Waals surface area contributed by atoms with Crippen molar-refractivity contribution in [1.82, 2.24) is 9.88 Å². The number of benzene rings is 2. The number of carbonyl (C=O) groups is 1. The van der Waals surface area contributed by atoms with Crippen molar-refractivity contribution in [2.45, 2.75) is 45.8 Å². The molecule has 2 N–H and O–H groups in total. The number of carboxylic acid groups (broad SMARTS) is 1. The van der Waals surface area contributed by atoms with Crippen LogP contribution in [0.4, 0.5) is 0 Å². The van der Waals surface area contributed by atoms with Gasteiger partial charge in [-0.1, -0.05) is 12.1 Å². The predicted octanol–water partition coefficient (Wildman–Crippen LogP) is 3.92. The van der Waals surface area contributed by atoms with Gasteiger partial charge in [0.25, 0.3) is 0 Å². The van der Waals surface area contributed by atoms with Crippen molar-refractivity contribution < 1.29 is 9.90 Å². The Balaban J connectivity index is 1.79. The van der Waals surface area contributed by atoms with Gasteiger partial charge < -0.3 is 15.0 Å². The maximum absolute atomic E-state index is 12.8. The SMILES string of the molecule is Cc1cc(-c2ccc3c(=O)c(C(=O)O)cn(C4CC4)c3c2C)cc2c1CNC2. The lowest BCUT2D eigenvalue weighted by Crippen LogP contribution is -2.19. The first kappa shape index (κ1) is 17.2. The highest BCUT2D eigenvalue weighted by Gasteiger charge is 2.28. The van der Waals surface area contributed by atoms with E-state index in [2.05, 4.69) is 24.4 Å². The third-order valence-corrected chi connectivity index (χ3v) is 6.11. The number of hydrogen-bond donors (Lipinski definition) is 2. The lowest BCUT2D eigenvalue weighted by Gasteiger charge is -2.17. The molecule has 1 fully saturated rings. The van der Waals surface area contributed by atoms with E-state index in [0.29, 0.717) is 5.39 Å². The molecule has 2 aromatic carbocycles. The first-order chi connectivity index (χ1) is 13.5. The van der Waals surface area contributed by atoms with Gasteiger partial charge in [-0.05, 0) is 72.2 Å². The molecule has 0 spiro atoms. The van der Waals surface area contributed by atoms with Crippen molar-refractivity contribution in [3.8, 4) is 11.1 Å². The summed E-state index contributed by atoms with van der Waals surface area (Å²) in [6.45, 7) is 5.98. The molecule has 3 aromatic rings. The lowest BCUT2D eigenvalue weighted by molar-refractivity contribution is 0.0695. The Bertz CT molecular complexity index is 1220. The van der Waals surface area contributed by atoms with Crippen molar-refractivity contribution in [3.05, 3.63) is 68.5 Å². The second-order valence-corrected chi connectivity index (χ2v) is 7.98. The molecule has 5 rings (SSSR count). The van der Waals surface area contributed by atoms with E-state index in [4.69, 9.17) is 0 Å². The minimum absolute atomic E-state index is 0.147. The number of nitrogens with one attached hydrogen (secondary N) is 1. The summed E-state index contributed by atoms with van der Waals surface area (Å²) < 4.78 is 2.01. The number of fused-ring (bicyclic) bond motifs is 2. The van der Waals surface area contributed by atoms with E-state index in [0.717, 1.165) is 48.1 Å². The average molecular weight is 374 g/mol. The summed E-state index contributed by atoms with van der Waals surface area (Å²) in [5.41, 5.74) is 7.58. The molecule has 5 heteroatoms. The summed E-state index contributed by atoms with van der Waals surface area (Å²) in [4.78, 5) is 24.3. The number of aromatic carboxylic acids is 1. The van der Waals surface area contributed by atoms with Crippen molar-refractivity contribution in [2.75, 3.05) is 0 Å². The Kier molecular flexibility index (Phi) is 3.71. The van der Waals surface area contributed by atoms with Gasteiger partial charge in [0.2, 0.25) is 5.43 Å². The van der Waals surface area contributed by atoms with Gasteiger partial charge in [0.05, 0.1) is 5.52 Å². The highest BCUT2D eigenvalue weighted by atomic mass is 16.4. The van der Waals surface area contributed by atoms with E-state index < -0.39 is 11.4 Å². The molecule has 1 aliphatic carbocycles. The topological polar surface area (TPSA) is 71.3 Å². The van der Waals surface area contributed by atoms with E-state index in [-0.39, 0.29) is 11.6 Å². The molecule has 0 bridgehead atoms. The van der Waals surface area contributed by atoms with Crippen LogP contribution >= 0.6 is 0 Å². The Hall–Kier alpha value is -2.92. The van der Waals surface area contributed by atoms with Gasteiger partial charge in [0, 0.05) is 30.7 Å². The maximum atomic E-state index is 12.8. The van der Waals surface area contributed by atoms with E-state index >= 15 is 0 Å². The highest BCUT2D eigenvalue weighted by molar-refractivity contribution is 5.95. The van der Waals surface area contributed by atoms with Crippen LogP contribution in [-0.4, -0.2) is 15.6 Å². The standard InChI is InChI=1S/C23H22N2O3/c1-12-7-14(8-15-9-24-10-19(12)15)17-5-6-18-21(13(17)2)25(16-3-4-16)11-20(22(18)26)23(27)28/h5-8,11,16,24H,3-4,9-10H2,1-2H3,(H,27,28). The summed E-state index contributed by atoms with van der Waals surface area (Å²) in [5, 5.41) is 13.4. The molecule has 5 nitrogen and oxygen atoms in total. The molecule has 0 radical (unpaired) electrons. The number of pyridine rings is 1. The summed E-state index contributed by atoms with van der Waals surface area (Å²) in [7, 11) is 0. The molecule has 2 heterocycles. The van der Waals surface area contributed by atoms with Crippen molar-refractivity contribution in [2.24, 2.45) is 0 Å². The first-order valence-corrected chi connectivity index (χ1v) is 9.71. The van der Waals surface area contributed by atoms with E-state index in [1.54, 1.807) is 12.3 Å².